The summed E-state index contributed by atoms with van der Waals surface area (Å²) in [5, 5.41) is 12.4. The lowest BCUT2D eigenvalue weighted by Crippen LogP contribution is -2.14. The van der Waals surface area contributed by atoms with Crippen molar-refractivity contribution in [3.05, 3.63) is 53.7 Å². The summed E-state index contributed by atoms with van der Waals surface area (Å²) in [4.78, 5) is 5.43. The molecule has 0 amide bonds. The number of aryl methyl sites for hydroxylation is 1. The molecule has 0 aliphatic rings. The second kappa shape index (κ2) is 5.55. The van der Waals surface area contributed by atoms with Crippen LogP contribution in [0.5, 0.6) is 0 Å². The molecule has 0 saturated heterocycles. The molecule has 0 bridgehead atoms. The Labute approximate surface area is 110 Å². The molecule has 0 spiro atoms. The van der Waals surface area contributed by atoms with Crippen molar-refractivity contribution >= 4 is 17.6 Å². The lowest BCUT2D eigenvalue weighted by molar-refractivity contribution is 0.318. The summed E-state index contributed by atoms with van der Waals surface area (Å²) in [5.41, 5.74) is 7.18. The van der Waals surface area contributed by atoms with Gasteiger partial charge in [-0.25, -0.2) is 4.98 Å². The van der Waals surface area contributed by atoms with Gasteiger partial charge in [-0.3, -0.25) is 0 Å². The topological polar surface area (TPSA) is 71.5 Å². The normalized spacial score (nSPS) is 11.5. The Morgan fingerprint density at radius 1 is 1.28 bits per heavy atom. The van der Waals surface area contributed by atoms with E-state index in [2.05, 4.69) is 16.2 Å². The summed E-state index contributed by atoms with van der Waals surface area (Å²) < 4.78 is 0. The second-order valence-corrected chi connectivity index (χ2v) is 4.86. The first-order valence-electron chi connectivity index (χ1n) is 5.38. The predicted octanol–water partition coefficient (Wildman–Crippen LogP) is 2.64. The molecule has 3 N–H and O–H groups in total. The van der Waals surface area contributed by atoms with Gasteiger partial charge in [0.15, 0.2) is 5.84 Å². The fourth-order valence-corrected chi connectivity index (χ4v) is 2.39. The van der Waals surface area contributed by atoms with E-state index in [4.69, 9.17) is 10.9 Å². The smallest absolute Gasteiger partial charge is 0.188 e. The van der Waals surface area contributed by atoms with Crippen LogP contribution in [0.1, 0.15) is 11.3 Å². The number of nitrogens with zero attached hydrogens (tertiary/aromatic N) is 2. The summed E-state index contributed by atoms with van der Waals surface area (Å²) in [6, 6.07) is 13.6. The van der Waals surface area contributed by atoms with Crippen LogP contribution in [0.15, 0.2) is 57.5 Å². The van der Waals surface area contributed by atoms with Gasteiger partial charge in [-0.05, 0) is 31.2 Å². The molecule has 2 aromatic rings. The Hall–Kier alpha value is -2.01. The molecular weight excluding hydrogens is 246 g/mol. The minimum absolute atomic E-state index is 0.0155. The van der Waals surface area contributed by atoms with Crippen LogP contribution in [0, 0.1) is 6.92 Å². The third-order valence-corrected chi connectivity index (χ3v) is 3.23. The minimum atomic E-state index is 0.0155. The van der Waals surface area contributed by atoms with Crippen molar-refractivity contribution in [3.8, 4) is 0 Å². The summed E-state index contributed by atoms with van der Waals surface area (Å²) in [5.74, 6) is 0.0155. The zero-order chi connectivity index (χ0) is 13.0. The molecule has 0 aliphatic heterocycles. The summed E-state index contributed by atoms with van der Waals surface area (Å²) in [6.07, 6.45) is 0. The van der Waals surface area contributed by atoms with Gasteiger partial charge in [0, 0.05) is 4.90 Å². The average Bonchev–Trinajstić information content (AvgIpc) is 2.38. The van der Waals surface area contributed by atoms with Crippen molar-refractivity contribution in [2.75, 3.05) is 0 Å². The molecule has 1 heterocycles. The van der Waals surface area contributed by atoms with E-state index in [0.717, 1.165) is 9.92 Å². The van der Waals surface area contributed by atoms with E-state index in [1.807, 2.05) is 37.3 Å². The maximum Gasteiger partial charge on any atom is 0.188 e. The average molecular weight is 259 g/mol. The number of hydrogen-bond donors (Lipinski definition) is 2. The SMILES string of the molecule is Cc1cccc(Sc2cccc(C(N)=NO)n2)c1. The van der Waals surface area contributed by atoms with Gasteiger partial charge in [0.2, 0.25) is 0 Å². The summed E-state index contributed by atoms with van der Waals surface area (Å²) in [7, 11) is 0. The number of rotatable bonds is 3. The number of benzene rings is 1. The Morgan fingerprint density at radius 3 is 2.78 bits per heavy atom. The van der Waals surface area contributed by atoms with Gasteiger partial charge in [0.05, 0.1) is 0 Å². The van der Waals surface area contributed by atoms with E-state index in [9.17, 15) is 0 Å². The lowest BCUT2D eigenvalue weighted by Gasteiger charge is -2.04. The van der Waals surface area contributed by atoms with E-state index >= 15 is 0 Å². The van der Waals surface area contributed by atoms with E-state index in [0.29, 0.717) is 5.69 Å². The number of pyridine rings is 1. The van der Waals surface area contributed by atoms with Crippen LogP contribution in [0.3, 0.4) is 0 Å². The van der Waals surface area contributed by atoms with Crippen LogP contribution < -0.4 is 5.73 Å². The fraction of sp³-hybridized carbons (Fsp3) is 0.0769. The third-order valence-electron chi connectivity index (χ3n) is 2.31. The van der Waals surface area contributed by atoms with Crippen LogP contribution in [0.25, 0.3) is 0 Å². The molecule has 0 radical (unpaired) electrons. The van der Waals surface area contributed by atoms with Crippen molar-refractivity contribution < 1.29 is 5.21 Å². The van der Waals surface area contributed by atoms with Crippen LogP contribution in [-0.4, -0.2) is 16.0 Å². The first kappa shape index (κ1) is 12.4. The molecule has 0 saturated carbocycles. The number of amidine groups is 1. The van der Waals surface area contributed by atoms with Crippen molar-refractivity contribution in [3.63, 3.8) is 0 Å². The molecular formula is C13H13N3OS. The molecule has 2 rings (SSSR count). The Morgan fingerprint density at radius 2 is 2.06 bits per heavy atom. The summed E-state index contributed by atoms with van der Waals surface area (Å²) in [6.45, 7) is 2.05. The Kier molecular flexibility index (Phi) is 3.84. The molecule has 0 aliphatic carbocycles. The highest BCUT2D eigenvalue weighted by molar-refractivity contribution is 7.99. The van der Waals surface area contributed by atoms with Gasteiger partial charge in [-0.15, -0.1) is 0 Å². The van der Waals surface area contributed by atoms with E-state index in [1.165, 1.54) is 5.56 Å². The second-order valence-electron chi connectivity index (χ2n) is 3.76. The molecule has 0 atom stereocenters. The quantitative estimate of drug-likeness (QED) is 0.385. The highest BCUT2D eigenvalue weighted by Crippen LogP contribution is 2.26. The molecule has 0 unspecified atom stereocenters. The standard InChI is InChI=1S/C13H13N3OS/c1-9-4-2-5-10(8-9)18-12-7-3-6-11(15-12)13(14)16-17/h2-8,17H,1H3,(H2,14,16). The highest BCUT2D eigenvalue weighted by atomic mass is 32.2. The largest absolute Gasteiger partial charge is 0.409 e. The molecule has 0 fully saturated rings. The van der Waals surface area contributed by atoms with Crippen molar-refractivity contribution in [2.24, 2.45) is 10.9 Å². The van der Waals surface area contributed by atoms with Gasteiger partial charge in [-0.1, -0.05) is 40.7 Å². The van der Waals surface area contributed by atoms with Crippen molar-refractivity contribution in [1.82, 2.24) is 4.98 Å². The van der Waals surface area contributed by atoms with Crippen LogP contribution >= 0.6 is 11.8 Å². The van der Waals surface area contributed by atoms with Gasteiger partial charge < -0.3 is 10.9 Å². The highest BCUT2D eigenvalue weighted by Gasteiger charge is 2.04. The van der Waals surface area contributed by atoms with Crippen LogP contribution in [0.2, 0.25) is 0 Å². The van der Waals surface area contributed by atoms with Crippen LogP contribution in [0.4, 0.5) is 0 Å². The first-order chi connectivity index (χ1) is 8.69. The zero-order valence-corrected chi connectivity index (χ0v) is 10.7. The molecule has 18 heavy (non-hydrogen) atoms. The molecule has 5 heteroatoms. The summed E-state index contributed by atoms with van der Waals surface area (Å²) >= 11 is 1.54. The monoisotopic (exact) mass is 259 g/mol. The molecule has 4 nitrogen and oxygen atoms in total. The Balaban J connectivity index is 2.24. The van der Waals surface area contributed by atoms with Gasteiger partial charge in [0.1, 0.15) is 10.7 Å². The first-order valence-corrected chi connectivity index (χ1v) is 6.20. The number of nitrogens with two attached hydrogens (primary N) is 1. The molecule has 1 aromatic carbocycles. The maximum atomic E-state index is 8.62. The van der Waals surface area contributed by atoms with Crippen LogP contribution in [-0.2, 0) is 0 Å². The third kappa shape index (κ3) is 3.01. The van der Waals surface area contributed by atoms with Crippen molar-refractivity contribution in [2.45, 2.75) is 16.8 Å². The van der Waals surface area contributed by atoms with E-state index in [1.54, 1.807) is 17.8 Å². The number of oxime groups is 1. The lowest BCUT2D eigenvalue weighted by atomic mass is 10.2. The van der Waals surface area contributed by atoms with Crippen molar-refractivity contribution in [1.29, 1.82) is 0 Å². The minimum Gasteiger partial charge on any atom is -0.409 e. The number of aromatic nitrogens is 1. The fourth-order valence-electron chi connectivity index (χ4n) is 1.47. The predicted molar refractivity (Wildman–Crippen MR) is 72.0 cm³/mol. The zero-order valence-electron chi connectivity index (χ0n) is 9.87. The number of hydrogen-bond acceptors (Lipinski definition) is 4. The molecule has 92 valence electrons. The van der Waals surface area contributed by atoms with E-state index < -0.39 is 0 Å². The Bertz CT molecular complexity index is 584. The van der Waals surface area contributed by atoms with Gasteiger partial charge in [0.25, 0.3) is 0 Å². The van der Waals surface area contributed by atoms with E-state index in [-0.39, 0.29) is 5.84 Å². The maximum absolute atomic E-state index is 8.62. The van der Waals surface area contributed by atoms with Gasteiger partial charge in [-0.2, -0.15) is 0 Å². The van der Waals surface area contributed by atoms with Gasteiger partial charge >= 0.3 is 0 Å². The molecule has 1 aromatic heterocycles.